The average Bonchev–Trinajstić information content (AvgIpc) is 2.73. The van der Waals surface area contributed by atoms with E-state index in [1.807, 2.05) is 18.2 Å². The van der Waals surface area contributed by atoms with Crippen molar-refractivity contribution in [1.29, 1.82) is 0 Å². The van der Waals surface area contributed by atoms with E-state index in [9.17, 15) is 9.59 Å². The van der Waals surface area contributed by atoms with Crippen molar-refractivity contribution in [3.8, 4) is 0 Å². The SMILES string of the molecule is O=C(NC[C@@H]1CN(Cc2ccccc2)CCO1)c1n[nH]c(=O)c2ccccc12. The molecule has 1 saturated heterocycles. The van der Waals surface area contributed by atoms with Gasteiger partial charge in [-0.2, -0.15) is 5.10 Å². The highest BCUT2D eigenvalue weighted by Crippen LogP contribution is 2.13. The van der Waals surface area contributed by atoms with Crippen molar-refractivity contribution >= 4 is 16.7 Å². The third kappa shape index (κ3) is 4.11. The van der Waals surface area contributed by atoms with Gasteiger partial charge in [-0.05, 0) is 11.6 Å². The summed E-state index contributed by atoms with van der Waals surface area (Å²) in [6, 6.07) is 17.3. The van der Waals surface area contributed by atoms with Gasteiger partial charge in [0.2, 0.25) is 0 Å². The highest BCUT2D eigenvalue weighted by molar-refractivity contribution is 6.04. The molecule has 0 bridgehead atoms. The number of amides is 1. The standard InChI is InChI=1S/C21H22N4O3/c26-20-18-9-5-4-8-17(18)19(23-24-20)21(27)22-12-16-14-25(10-11-28-16)13-15-6-2-1-3-7-15/h1-9,16H,10-14H2,(H,22,27)(H,24,26)/t16-/m1/s1. The van der Waals surface area contributed by atoms with Crippen LogP contribution in [0.4, 0.5) is 0 Å². The molecular formula is C21H22N4O3. The lowest BCUT2D eigenvalue weighted by molar-refractivity contribution is -0.0292. The second-order valence-electron chi connectivity index (χ2n) is 6.87. The molecule has 1 aliphatic heterocycles. The summed E-state index contributed by atoms with van der Waals surface area (Å²) in [5.74, 6) is -0.323. The van der Waals surface area contributed by atoms with E-state index >= 15 is 0 Å². The minimum Gasteiger partial charge on any atom is -0.374 e. The van der Waals surface area contributed by atoms with Crippen LogP contribution in [-0.2, 0) is 11.3 Å². The number of H-pyrrole nitrogens is 1. The van der Waals surface area contributed by atoms with E-state index < -0.39 is 0 Å². The van der Waals surface area contributed by atoms with E-state index in [1.54, 1.807) is 24.3 Å². The lowest BCUT2D eigenvalue weighted by atomic mass is 10.1. The van der Waals surface area contributed by atoms with Crippen molar-refractivity contribution in [3.63, 3.8) is 0 Å². The van der Waals surface area contributed by atoms with Crippen LogP contribution in [0.3, 0.4) is 0 Å². The second kappa shape index (κ2) is 8.33. The first-order chi connectivity index (χ1) is 13.7. The van der Waals surface area contributed by atoms with E-state index in [2.05, 4.69) is 32.5 Å². The zero-order valence-corrected chi connectivity index (χ0v) is 15.4. The third-order valence-corrected chi connectivity index (χ3v) is 4.87. The normalized spacial score (nSPS) is 17.5. The van der Waals surface area contributed by atoms with Crippen LogP contribution in [0, 0.1) is 0 Å². The molecule has 2 N–H and O–H groups in total. The number of aromatic nitrogens is 2. The first-order valence-corrected chi connectivity index (χ1v) is 9.34. The van der Waals surface area contributed by atoms with Crippen LogP contribution in [0.25, 0.3) is 10.8 Å². The summed E-state index contributed by atoms with van der Waals surface area (Å²) in [5, 5.41) is 10.2. The maximum Gasteiger partial charge on any atom is 0.272 e. The van der Waals surface area contributed by atoms with Crippen LogP contribution in [0.2, 0.25) is 0 Å². The van der Waals surface area contributed by atoms with E-state index in [1.165, 1.54) is 5.56 Å². The van der Waals surface area contributed by atoms with Crippen molar-refractivity contribution in [2.45, 2.75) is 12.6 Å². The molecule has 1 aromatic heterocycles. The first-order valence-electron chi connectivity index (χ1n) is 9.34. The maximum atomic E-state index is 12.6. The number of fused-ring (bicyclic) bond motifs is 1. The summed E-state index contributed by atoms with van der Waals surface area (Å²) in [5.41, 5.74) is 1.17. The van der Waals surface area contributed by atoms with Crippen LogP contribution >= 0.6 is 0 Å². The lowest BCUT2D eigenvalue weighted by Crippen LogP contribution is -2.47. The Labute approximate surface area is 162 Å². The number of hydrogen-bond donors (Lipinski definition) is 2. The molecule has 0 saturated carbocycles. The summed E-state index contributed by atoms with van der Waals surface area (Å²) in [6.45, 7) is 3.49. The molecule has 28 heavy (non-hydrogen) atoms. The number of nitrogens with one attached hydrogen (secondary N) is 2. The van der Waals surface area contributed by atoms with Gasteiger partial charge < -0.3 is 10.1 Å². The highest BCUT2D eigenvalue weighted by Gasteiger charge is 2.22. The van der Waals surface area contributed by atoms with Gasteiger partial charge in [0.25, 0.3) is 11.5 Å². The second-order valence-corrected chi connectivity index (χ2v) is 6.87. The van der Waals surface area contributed by atoms with Crippen LogP contribution in [0.1, 0.15) is 16.1 Å². The number of carbonyl (C=O) groups is 1. The van der Waals surface area contributed by atoms with Crippen LogP contribution in [0.5, 0.6) is 0 Å². The molecule has 0 radical (unpaired) electrons. The Kier molecular flexibility index (Phi) is 5.45. The van der Waals surface area contributed by atoms with Gasteiger partial charge in [-0.15, -0.1) is 0 Å². The van der Waals surface area contributed by atoms with Crippen LogP contribution in [0.15, 0.2) is 59.4 Å². The average molecular weight is 378 g/mol. The molecule has 3 aromatic rings. The van der Waals surface area contributed by atoms with Gasteiger partial charge in [0.05, 0.1) is 18.1 Å². The van der Waals surface area contributed by atoms with Crippen LogP contribution < -0.4 is 10.9 Å². The molecule has 4 rings (SSSR count). The number of benzene rings is 2. The minimum atomic E-state index is -0.323. The first kappa shape index (κ1) is 18.3. The molecule has 1 amide bonds. The highest BCUT2D eigenvalue weighted by atomic mass is 16.5. The Hall–Kier alpha value is -3.03. The van der Waals surface area contributed by atoms with Crippen molar-refractivity contribution in [2.24, 2.45) is 0 Å². The molecule has 2 aromatic carbocycles. The summed E-state index contributed by atoms with van der Waals surface area (Å²) in [7, 11) is 0. The molecule has 2 heterocycles. The monoisotopic (exact) mass is 378 g/mol. The zero-order valence-electron chi connectivity index (χ0n) is 15.4. The van der Waals surface area contributed by atoms with Crippen molar-refractivity contribution in [1.82, 2.24) is 20.4 Å². The van der Waals surface area contributed by atoms with Crippen molar-refractivity contribution in [3.05, 3.63) is 76.2 Å². The largest absolute Gasteiger partial charge is 0.374 e. The Morgan fingerprint density at radius 1 is 1.14 bits per heavy atom. The fraction of sp³-hybridized carbons (Fsp3) is 0.286. The summed E-state index contributed by atoms with van der Waals surface area (Å²) >= 11 is 0. The number of ether oxygens (including phenoxy) is 1. The minimum absolute atomic E-state index is 0.0876. The van der Waals surface area contributed by atoms with Gasteiger partial charge in [-0.25, -0.2) is 5.10 Å². The third-order valence-electron chi connectivity index (χ3n) is 4.87. The lowest BCUT2D eigenvalue weighted by Gasteiger charge is -2.33. The molecule has 1 atom stereocenters. The molecule has 7 nitrogen and oxygen atoms in total. The number of aromatic amines is 1. The number of nitrogens with zero attached hydrogens (tertiary/aromatic N) is 2. The molecule has 0 aliphatic carbocycles. The van der Waals surface area contributed by atoms with Crippen molar-refractivity contribution in [2.75, 3.05) is 26.2 Å². The molecule has 1 aliphatic rings. The topological polar surface area (TPSA) is 87.3 Å². The fourth-order valence-corrected chi connectivity index (χ4v) is 3.47. The molecular weight excluding hydrogens is 356 g/mol. The summed E-state index contributed by atoms with van der Waals surface area (Å²) < 4.78 is 5.80. The Balaban J connectivity index is 1.38. The molecule has 0 spiro atoms. The summed E-state index contributed by atoms with van der Waals surface area (Å²) in [6.07, 6.45) is -0.0876. The van der Waals surface area contributed by atoms with E-state index in [4.69, 9.17) is 4.74 Å². The van der Waals surface area contributed by atoms with Gasteiger partial charge in [0.1, 0.15) is 0 Å². The number of carbonyl (C=O) groups excluding carboxylic acids is 1. The number of rotatable bonds is 5. The zero-order chi connectivity index (χ0) is 19.3. The van der Waals surface area contributed by atoms with Gasteiger partial charge in [0, 0.05) is 31.6 Å². The smallest absolute Gasteiger partial charge is 0.272 e. The number of hydrogen-bond acceptors (Lipinski definition) is 5. The van der Waals surface area contributed by atoms with Gasteiger partial charge >= 0.3 is 0 Å². The van der Waals surface area contributed by atoms with Gasteiger partial charge in [-0.1, -0.05) is 48.5 Å². The van der Waals surface area contributed by atoms with Crippen molar-refractivity contribution < 1.29 is 9.53 Å². The van der Waals surface area contributed by atoms with Gasteiger partial charge in [-0.3, -0.25) is 14.5 Å². The predicted molar refractivity (Wildman–Crippen MR) is 106 cm³/mol. The fourth-order valence-electron chi connectivity index (χ4n) is 3.47. The molecule has 7 heteroatoms. The predicted octanol–water partition coefficient (Wildman–Crippen LogP) is 1.55. The van der Waals surface area contributed by atoms with E-state index in [0.29, 0.717) is 23.9 Å². The van der Waals surface area contributed by atoms with E-state index in [0.717, 1.165) is 19.6 Å². The van der Waals surface area contributed by atoms with Crippen LogP contribution in [-0.4, -0.2) is 53.3 Å². The molecule has 144 valence electrons. The Bertz CT molecular complexity index is 1020. The van der Waals surface area contributed by atoms with Gasteiger partial charge in [0.15, 0.2) is 5.69 Å². The maximum absolute atomic E-state index is 12.6. The molecule has 0 unspecified atom stereocenters. The Morgan fingerprint density at radius 2 is 1.89 bits per heavy atom. The number of morpholine rings is 1. The Morgan fingerprint density at radius 3 is 2.71 bits per heavy atom. The van der Waals surface area contributed by atoms with E-state index in [-0.39, 0.29) is 23.3 Å². The molecule has 1 fully saturated rings. The summed E-state index contributed by atoms with van der Waals surface area (Å²) in [4.78, 5) is 26.8. The quantitative estimate of drug-likeness (QED) is 0.704.